The second-order valence-electron chi connectivity index (χ2n) is 9.95. The molecule has 21 heteroatoms. The molecule has 0 saturated carbocycles. The maximum absolute atomic E-state index is 13.1. The largest absolute Gasteiger partial charge is 0.477 e. The highest BCUT2D eigenvalue weighted by Gasteiger charge is 2.54. The van der Waals surface area contributed by atoms with E-state index in [0.29, 0.717) is 36.0 Å². The molecule has 18 nitrogen and oxygen atoms in total. The lowest BCUT2D eigenvalue weighted by Gasteiger charge is -2.49. The first-order valence-corrected chi connectivity index (χ1v) is 15.5. The summed E-state index contributed by atoms with van der Waals surface area (Å²) in [5.74, 6) is -2.19. The van der Waals surface area contributed by atoms with Crippen molar-refractivity contribution < 1.29 is 33.9 Å². The molecule has 2 atom stereocenters. The molecular weight excluding hydrogens is 627 g/mol. The zero-order valence-electron chi connectivity index (χ0n) is 23.5. The smallest absolute Gasteiger partial charge is 0.407 e. The van der Waals surface area contributed by atoms with Crippen LogP contribution in [0, 0.1) is 0 Å². The molecule has 232 valence electrons. The van der Waals surface area contributed by atoms with Crippen molar-refractivity contribution in [2.24, 2.45) is 5.16 Å². The number of carboxylic acids is 1. The third-order valence-electron chi connectivity index (χ3n) is 5.68. The summed E-state index contributed by atoms with van der Waals surface area (Å²) in [5.41, 5.74) is 5.08. The van der Waals surface area contributed by atoms with Gasteiger partial charge >= 0.3 is 12.1 Å². The lowest BCUT2D eigenvalue weighted by molar-refractivity contribution is -0.150. The number of alkyl carbamates (subject to hydrolysis) is 1. The van der Waals surface area contributed by atoms with Gasteiger partial charge in [-0.25, -0.2) is 14.3 Å². The zero-order chi connectivity index (χ0) is 31.3. The summed E-state index contributed by atoms with van der Waals surface area (Å²) in [5, 5.41) is 30.5. The minimum Gasteiger partial charge on any atom is -0.477 e. The number of amides is 3. The van der Waals surface area contributed by atoms with E-state index >= 15 is 0 Å². The number of carboxylic acid groups (broad SMARTS) is 1. The van der Waals surface area contributed by atoms with E-state index in [9.17, 15) is 24.3 Å². The van der Waals surface area contributed by atoms with E-state index in [2.05, 4.69) is 40.7 Å². The van der Waals surface area contributed by atoms with Crippen molar-refractivity contribution in [1.29, 1.82) is 0 Å². The van der Waals surface area contributed by atoms with Crippen molar-refractivity contribution >= 4 is 69.8 Å². The fourth-order valence-corrected chi connectivity index (χ4v) is 6.76. The molecule has 0 aromatic carbocycles. The predicted octanol–water partition coefficient (Wildman–Crippen LogP) is -0.0970. The Balaban J connectivity index is 1.36. The number of aromatic nitrogens is 6. The number of hydrogen-bond donors (Lipinski definition) is 4. The highest BCUT2D eigenvalue weighted by Crippen LogP contribution is 2.41. The third kappa shape index (κ3) is 7.70. The van der Waals surface area contributed by atoms with Crippen LogP contribution >= 0.6 is 35.1 Å². The molecule has 2 aliphatic rings. The summed E-state index contributed by atoms with van der Waals surface area (Å²) in [6.07, 6.45) is 0.00363. The van der Waals surface area contributed by atoms with Crippen LogP contribution in [0.1, 0.15) is 33.0 Å². The van der Waals surface area contributed by atoms with Crippen molar-refractivity contribution in [2.45, 2.75) is 55.9 Å². The Morgan fingerprint density at radius 2 is 2.07 bits per heavy atom. The maximum Gasteiger partial charge on any atom is 0.407 e. The number of ether oxygens (including phenoxy) is 1. The van der Waals surface area contributed by atoms with E-state index in [1.807, 2.05) is 0 Å². The highest BCUT2D eigenvalue weighted by molar-refractivity contribution is 8.01. The zero-order valence-corrected chi connectivity index (χ0v) is 25.9. The van der Waals surface area contributed by atoms with E-state index in [1.165, 1.54) is 30.6 Å². The summed E-state index contributed by atoms with van der Waals surface area (Å²) in [4.78, 5) is 59.8. The second kappa shape index (κ2) is 13.5. The predicted molar refractivity (Wildman–Crippen MR) is 155 cm³/mol. The van der Waals surface area contributed by atoms with E-state index in [0.717, 1.165) is 16.4 Å². The summed E-state index contributed by atoms with van der Waals surface area (Å²) in [7, 11) is 1.24. The van der Waals surface area contributed by atoms with Crippen LogP contribution in [0.5, 0.6) is 0 Å². The minimum absolute atomic E-state index is 0.0612. The molecule has 2 aromatic heterocycles. The van der Waals surface area contributed by atoms with Gasteiger partial charge in [-0.15, -0.1) is 16.9 Å². The summed E-state index contributed by atoms with van der Waals surface area (Å²) < 4.78 is 10.7. The first kappa shape index (κ1) is 31.9. The van der Waals surface area contributed by atoms with Gasteiger partial charge in [0.25, 0.3) is 11.8 Å². The van der Waals surface area contributed by atoms with Gasteiger partial charge in [0.2, 0.25) is 16.7 Å². The van der Waals surface area contributed by atoms with Crippen LogP contribution in [0.15, 0.2) is 21.6 Å². The van der Waals surface area contributed by atoms with Crippen LogP contribution in [0.2, 0.25) is 0 Å². The molecular formula is C22H29N11O7S3. The van der Waals surface area contributed by atoms with E-state index in [4.69, 9.17) is 15.3 Å². The number of fused-ring (bicyclic) bond motifs is 1. The lowest BCUT2D eigenvalue weighted by Crippen LogP contribution is -2.71. The van der Waals surface area contributed by atoms with E-state index in [1.54, 1.807) is 25.5 Å². The number of anilines is 1. The van der Waals surface area contributed by atoms with Gasteiger partial charge < -0.3 is 31.0 Å². The van der Waals surface area contributed by atoms with Gasteiger partial charge in [-0.2, -0.15) is 9.36 Å². The van der Waals surface area contributed by atoms with Crippen LogP contribution in [-0.4, -0.2) is 111 Å². The van der Waals surface area contributed by atoms with Gasteiger partial charge in [0, 0.05) is 36.1 Å². The number of β-lactam (4-membered cyclic amide) rings is 1. The number of nitrogens with zero attached hydrogens (tertiary/aromatic N) is 8. The normalized spacial score (nSPS) is 18.6. The van der Waals surface area contributed by atoms with Gasteiger partial charge in [-0.3, -0.25) is 14.5 Å². The number of carbonyl (C=O) groups excluding carboxylic acids is 3. The van der Waals surface area contributed by atoms with E-state index < -0.39 is 40.9 Å². The van der Waals surface area contributed by atoms with Crippen molar-refractivity contribution in [3.63, 3.8) is 0 Å². The maximum atomic E-state index is 13.1. The monoisotopic (exact) mass is 655 g/mol. The van der Waals surface area contributed by atoms with Crippen molar-refractivity contribution in [3.05, 3.63) is 17.1 Å². The Labute approximate surface area is 257 Å². The minimum atomic E-state index is -1.27. The van der Waals surface area contributed by atoms with Crippen molar-refractivity contribution in [3.8, 4) is 0 Å². The molecule has 4 heterocycles. The summed E-state index contributed by atoms with van der Waals surface area (Å²) in [6, 6.07) is -0.999. The summed E-state index contributed by atoms with van der Waals surface area (Å²) in [6.45, 7) is 6.06. The SMILES string of the molecule is CO/N=C(/C(=O)NC1C(=O)N2C(C(=O)O)=C(CSc3nnnn3CCCNC(=O)OC(C)(C)C)CS[C@H]12)c1nsc(N)n1. The second-order valence-corrected chi connectivity index (χ2v) is 12.8. The highest BCUT2D eigenvalue weighted by atomic mass is 32.2. The number of nitrogens with one attached hydrogen (secondary N) is 2. The Bertz CT molecular complexity index is 1450. The molecule has 1 unspecified atom stereocenters. The first-order valence-electron chi connectivity index (χ1n) is 12.7. The van der Waals surface area contributed by atoms with Gasteiger partial charge in [0.05, 0.1) is 0 Å². The first-order chi connectivity index (χ1) is 20.4. The molecule has 0 bridgehead atoms. The third-order valence-corrected chi connectivity index (χ3v) is 8.60. The number of carbonyl (C=O) groups is 4. The van der Waals surface area contributed by atoms with Crippen LogP contribution in [0.3, 0.4) is 0 Å². The van der Waals surface area contributed by atoms with Crippen LogP contribution < -0.4 is 16.4 Å². The van der Waals surface area contributed by atoms with Crippen molar-refractivity contribution in [2.75, 3.05) is 30.9 Å². The fraction of sp³-hybridized carbons (Fsp3) is 0.545. The van der Waals surface area contributed by atoms with Crippen LogP contribution in [0.4, 0.5) is 9.93 Å². The number of aryl methyl sites for hydroxylation is 1. The number of aliphatic carboxylic acids is 1. The van der Waals surface area contributed by atoms with Crippen LogP contribution in [-0.2, 0) is 30.5 Å². The average Bonchev–Trinajstić information content (AvgIpc) is 3.58. The van der Waals surface area contributed by atoms with Crippen molar-refractivity contribution in [1.82, 2.24) is 45.1 Å². The molecule has 1 fully saturated rings. The molecule has 4 rings (SSSR count). The average molecular weight is 656 g/mol. The molecule has 2 aliphatic heterocycles. The molecule has 0 spiro atoms. The van der Waals surface area contributed by atoms with Gasteiger partial charge in [-0.1, -0.05) is 16.9 Å². The number of tetrazole rings is 1. The number of nitrogen functional groups attached to an aromatic ring is 1. The Kier molecular flexibility index (Phi) is 10.1. The fourth-order valence-electron chi connectivity index (χ4n) is 3.94. The van der Waals surface area contributed by atoms with Crippen LogP contribution in [0.25, 0.3) is 0 Å². The molecule has 0 aliphatic carbocycles. The number of rotatable bonds is 12. The molecule has 5 N–H and O–H groups in total. The quantitative estimate of drug-likeness (QED) is 0.0767. The summed E-state index contributed by atoms with van der Waals surface area (Å²) >= 11 is 3.40. The number of hydrogen-bond acceptors (Lipinski definition) is 16. The standard InChI is InChI=1S/C22H29N11O7S3/c1-22(2,3)40-21(38)24-6-5-7-32-20(27-30-31-32)42-9-10-8-41-17-12(16(35)33(17)13(10)18(36)37)25-15(34)11(28-39-4)14-26-19(23)43-29-14/h12,17H,5-9H2,1-4H3,(H,24,38)(H,25,34)(H,36,37)(H2,23,26,29)/b28-11+/t12?,17-/m1/s1. The number of thioether (sulfide) groups is 2. The Morgan fingerprint density at radius 3 is 2.72 bits per heavy atom. The molecule has 43 heavy (non-hydrogen) atoms. The van der Waals surface area contributed by atoms with E-state index in [-0.39, 0.29) is 28.1 Å². The van der Waals surface area contributed by atoms with Gasteiger partial charge in [0.1, 0.15) is 29.8 Å². The molecule has 3 amide bonds. The molecule has 1 saturated heterocycles. The number of oxime groups is 1. The van der Waals surface area contributed by atoms with Gasteiger partial charge in [0.15, 0.2) is 5.13 Å². The van der Waals surface area contributed by atoms with Gasteiger partial charge in [-0.05, 0) is 43.2 Å². The lowest BCUT2D eigenvalue weighted by atomic mass is 10.0. The Morgan fingerprint density at radius 1 is 1.30 bits per heavy atom. The number of nitrogens with two attached hydrogens (primary N) is 1. The molecule has 2 aromatic rings. The topological polar surface area (TPSA) is 242 Å². The Hall–Kier alpha value is -3.98. The molecule has 0 radical (unpaired) electrons.